The van der Waals surface area contributed by atoms with Crippen LogP contribution in [-0.4, -0.2) is 40.9 Å². The van der Waals surface area contributed by atoms with E-state index in [-0.39, 0.29) is 48.6 Å². The molecular weight excluding hydrogens is 473 g/mol. The highest BCUT2D eigenvalue weighted by atomic mass is 35.5. The van der Waals surface area contributed by atoms with Crippen LogP contribution in [0.2, 0.25) is 5.02 Å². The molecule has 1 aliphatic rings. The Kier molecular flexibility index (Phi) is 7.25. The Bertz CT molecular complexity index is 1080. The van der Waals surface area contributed by atoms with E-state index in [1.54, 1.807) is 0 Å². The lowest BCUT2D eigenvalue weighted by Gasteiger charge is -2.25. The Balaban J connectivity index is 1.99. The van der Waals surface area contributed by atoms with Gasteiger partial charge in [-0.1, -0.05) is 16.8 Å². The fraction of sp³-hybridized carbons (Fsp3) is 0.350. The van der Waals surface area contributed by atoms with Gasteiger partial charge < -0.3 is 21.2 Å². The number of nitrogens with one attached hydrogen (secondary N) is 1. The predicted octanol–water partition coefficient (Wildman–Crippen LogP) is 4.78. The quantitative estimate of drug-likeness (QED) is 0.183. The van der Waals surface area contributed by atoms with Crippen molar-refractivity contribution in [1.29, 1.82) is 0 Å². The highest BCUT2D eigenvalue weighted by molar-refractivity contribution is 6.32. The summed E-state index contributed by atoms with van der Waals surface area (Å²) in [7, 11) is 0. The highest BCUT2D eigenvalue weighted by Gasteiger charge is 2.34. The number of alkyl halides is 4. The SMILES string of the molecule is NC(=NO)c1cc(NC(=O)c2cc(Cl)c(C(F)F)nc2N2CCCC(F)(F)CC2)ccc1F. The van der Waals surface area contributed by atoms with Crippen LogP contribution >= 0.6 is 11.6 Å². The molecule has 2 aromatic rings. The number of oxime groups is 1. The molecule has 7 nitrogen and oxygen atoms in total. The van der Waals surface area contributed by atoms with Gasteiger partial charge in [-0.15, -0.1) is 0 Å². The molecular formula is C20H19ClF5N5O2. The van der Waals surface area contributed by atoms with Gasteiger partial charge in [-0.3, -0.25) is 4.79 Å². The molecule has 4 N–H and O–H groups in total. The highest BCUT2D eigenvalue weighted by Crippen LogP contribution is 2.34. The lowest BCUT2D eigenvalue weighted by atomic mass is 10.1. The lowest BCUT2D eigenvalue weighted by Crippen LogP contribution is -2.30. The molecule has 0 unspecified atom stereocenters. The molecule has 0 saturated carbocycles. The summed E-state index contributed by atoms with van der Waals surface area (Å²) in [6.45, 7) is -0.147. The van der Waals surface area contributed by atoms with Crippen LogP contribution in [0.15, 0.2) is 29.4 Å². The van der Waals surface area contributed by atoms with Gasteiger partial charge in [0.1, 0.15) is 17.3 Å². The lowest BCUT2D eigenvalue weighted by molar-refractivity contribution is -0.0102. The average Bonchev–Trinajstić information content (AvgIpc) is 2.94. The van der Waals surface area contributed by atoms with Gasteiger partial charge in [0.2, 0.25) is 5.92 Å². The first kappa shape index (κ1) is 24.5. The van der Waals surface area contributed by atoms with Crippen molar-refractivity contribution in [2.75, 3.05) is 23.3 Å². The first-order chi connectivity index (χ1) is 15.5. The Morgan fingerprint density at radius 1 is 1.24 bits per heavy atom. The van der Waals surface area contributed by atoms with Gasteiger partial charge in [-0.25, -0.2) is 26.9 Å². The number of carbonyl (C=O) groups excluding carboxylic acids is 1. The van der Waals surface area contributed by atoms with Gasteiger partial charge in [0.15, 0.2) is 5.84 Å². The Morgan fingerprint density at radius 2 is 1.97 bits per heavy atom. The average molecular weight is 492 g/mol. The summed E-state index contributed by atoms with van der Waals surface area (Å²) in [4.78, 5) is 18.1. The number of nitrogens with zero attached hydrogens (tertiary/aromatic N) is 3. The maximum absolute atomic E-state index is 13.9. The maximum Gasteiger partial charge on any atom is 0.281 e. The number of aromatic nitrogens is 1. The molecule has 2 heterocycles. The minimum atomic E-state index is -3.05. The molecule has 0 radical (unpaired) electrons. The number of carbonyl (C=O) groups is 1. The topological polar surface area (TPSA) is 104 Å². The second-order valence-corrected chi connectivity index (χ2v) is 7.77. The summed E-state index contributed by atoms with van der Waals surface area (Å²) in [5.41, 5.74) is 4.13. The van der Waals surface area contributed by atoms with Crippen molar-refractivity contribution in [1.82, 2.24) is 4.98 Å². The maximum atomic E-state index is 13.9. The zero-order valence-corrected chi connectivity index (χ0v) is 17.7. The van der Waals surface area contributed by atoms with Crippen LogP contribution in [0.4, 0.5) is 33.5 Å². The summed E-state index contributed by atoms with van der Waals surface area (Å²) >= 11 is 5.90. The third-order valence-electron chi connectivity index (χ3n) is 5.06. The van der Waals surface area contributed by atoms with Crippen molar-refractivity contribution in [2.45, 2.75) is 31.6 Å². The smallest absolute Gasteiger partial charge is 0.281 e. The van der Waals surface area contributed by atoms with E-state index in [2.05, 4.69) is 15.5 Å². The summed E-state index contributed by atoms with van der Waals surface area (Å²) in [6.07, 6.45) is -3.92. The number of nitrogens with two attached hydrogens (primary N) is 1. The van der Waals surface area contributed by atoms with Crippen molar-refractivity contribution in [3.05, 3.63) is 51.9 Å². The summed E-state index contributed by atoms with van der Waals surface area (Å²) < 4.78 is 68.3. The number of rotatable bonds is 5. The normalized spacial score (nSPS) is 16.6. The van der Waals surface area contributed by atoms with E-state index in [1.165, 1.54) is 11.0 Å². The van der Waals surface area contributed by atoms with E-state index in [0.717, 1.165) is 18.2 Å². The van der Waals surface area contributed by atoms with Crippen LogP contribution in [0.3, 0.4) is 0 Å². The fourth-order valence-corrected chi connectivity index (χ4v) is 3.62. The molecule has 1 amide bonds. The van der Waals surface area contributed by atoms with E-state index >= 15 is 0 Å². The van der Waals surface area contributed by atoms with Crippen LogP contribution in [0.25, 0.3) is 0 Å². The number of amides is 1. The van der Waals surface area contributed by atoms with Gasteiger partial charge in [-0.2, -0.15) is 0 Å². The van der Waals surface area contributed by atoms with E-state index in [9.17, 15) is 26.7 Å². The first-order valence-corrected chi connectivity index (χ1v) is 10.1. The second-order valence-electron chi connectivity index (χ2n) is 7.36. The Morgan fingerprint density at radius 3 is 2.64 bits per heavy atom. The molecule has 0 atom stereocenters. The Hall–Kier alpha value is -3.15. The van der Waals surface area contributed by atoms with Crippen molar-refractivity contribution >= 4 is 34.8 Å². The van der Waals surface area contributed by atoms with Crippen LogP contribution in [0, 0.1) is 5.82 Å². The first-order valence-electron chi connectivity index (χ1n) is 9.72. The molecule has 1 aliphatic heterocycles. The van der Waals surface area contributed by atoms with Crippen LogP contribution in [-0.2, 0) is 0 Å². The number of pyridine rings is 1. The van der Waals surface area contributed by atoms with Crippen molar-refractivity contribution in [3.8, 4) is 0 Å². The number of halogens is 6. The monoisotopic (exact) mass is 491 g/mol. The number of hydrogen-bond acceptors (Lipinski definition) is 5. The predicted molar refractivity (Wildman–Crippen MR) is 112 cm³/mol. The van der Waals surface area contributed by atoms with Crippen molar-refractivity contribution < 1.29 is 32.0 Å². The van der Waals surface area contributed by atoms with E-state index in [4.69, 9.17) is 22.5 Å². The zero-order chi connectivity index (χ0) is 24.3. The minimum absolute atomic E-state index is 0.0328. The second kappa shape index (κ2) is 9.77. The van der Waals surface area contributed by atoms with Gasteiger partial charge in [-0.05, 0) is 30.7 Å². The number of anilines is 2. The molecule has 178 valence electrons. The third-order valence-corrected chi connectivity index (χ3v) is 5.36. The summed E-state index contributed by atoms with van der Waals surface area (Å²) in [6, 6.07) is 4.23. The third kappa shape index (κ3) is 5.62. The van der Waals surface area contributed by atoms with E-state index in [1.807, 2.05) is 0 Å². The Labute approximate surface area is 190 Å². The van der Waals surface area contributed by atoms with Gasteiger partial charge in [0, 0.05) is 31.6 Å². The van der Waals surface area contributed by atoms with Crippen LogP contribution < -0.4 is 16.0 Å². The molecule has 1 aromatic heterocycles. The van der Waals surface area contributed by atoms with Gasteiger partial charge in [0.05, 0.1) is 16.1 Å². The molecule has 1 saturated heterocycles. The molecule has 3 rings (SSSR count). The fourth-order valence-electron chi connectivity index (χ4n) is 3.38. The number of benzene rings is 1. The van der Waals surface area contributed by atoms with E-state index < -0.39 is 47.0 Å². The molecule has 33 heavy (non-hydrogen) atoms. The van der Waals surface area contributed by atoms with Crippen molar-refractivity contribution in [2.24, 2.45) is 10.9 Å². The standard InChI is InChI=1S/C20H19ClF5N5O2/c21-13-9-12(19(32)28-10-2-3-14(22)11(8-10)17(27)30-33)18(29-15(13)16(23)24)31-6-1-4-20(25,26)5-7-31/h2-3,8-9,16,33H,1,4-7H2,(H2,27,30)(H,28,32). The zero-order valence-electron chi connectivity index (χ0n) is 17.0. The molecule has 0 aliphatic carbocycles. The number of amidine groups is 1. The largest absolute Gasteiger partial charge is 0.409 e. The van der Waals surface area contributed by atoms with Crippen LogP contribution in [0.1, 0.15) is 47.3 Å². The van der Waals surface area contributed by atoms with Gasteiger partial charge in [0.25, 0.3) is 12.3 Å². The van der Waals surface area contributed by atoms with Gasteiger partial charge >= 0.3 is 0 Å². The number of hydrogen-bond donors (Lipinski definition) is 3. The summed E-state index contributed by atoms with van der Waals surface area (Å²) in [5.74, 6) is -5.35. The van der Waals surface area contributed by atoms with E-state index in [0.29, 0.717) is 0 Å². The molecule has 1 aromatic carbocycles. The molecule has 1 fully saturated rings. The minimum Gasteiger partial charge on any atom is -0.409 e. The van der Waals surface area contributed by atoms with Crippen LogP contribution in [0.5, 0.6) is 0 Å². The molecule has 0 bridgehead atoms. The molecule has 13 heteroatoms. The van der Waals surface area contributed by atoms with Crippen molar-refractivity contribution in [3.63, 3.8) is 0 Å². The summed E-state index contributed by atoms with van der Waals surface area (Å²) in [5, 5.41) is 13.4. The molecule has 0 spiro atoms.